The lowest BCUT2D eigenvalue weighted by Gasteiger charge is -2.39. The quantitative estimate of drug-likeness (QED) is 0.0760. The monoisotopic (exact) mass is 882 g/mol. The number of rotatable bonds is 13. The largest absolute Gasteiger partial charge is 0.487 e. The number of halogens is 1. The number of aliphatic hydroxyl groups excluding tert-OH is 1. The van der Waals surface area contributed by atoms with Gasteiger partial charge in [-0.05, 0) is 116 Å². The molecular formula is C46H51ClN6O8S. The van der Waals surface area contributed by atoms with Crippen LogP contribution in [0.2, 0.25) is 5.02 Å². The molecule has 3 N–H and O–H groups in total. The van der Waals surface area contributed by atoms with Crippen molar-refractivity contribution in [2.75, 3.05) is 44.2 Å². The van der Waals surface area contributed by atoms with Gasteiger partial charge in [-0.1, -0.05) is 49.2 Å². The van der Waals surface area contributed by atoms with Crippen molar-refractivity contribution in [3.63, 3.8) is 0 Å². The lowest BCUT2D eigenvalue weighted by atomic mass is 9.72. The number of allylic oxidation sites excluding steroid dienone is 1. The molecule has 3 aliphatic rings. The zero-order valence-corrected chi connectivity index (χ0v) is 36.4. The Morgan fingerprint density at radius 3 is 2.53 bits per heavy atom. The van der Waals surface area contributed by atoms with Crippen molar-refractivity contribution < 1.29 is 32.7 Å². The Kier molecular flexibility index (Phi) is 12.6. The van der Waals surface area contributed by atoms with Gasteiger partial charge in [-0.25, -0.2) is 18.1 Å². The fourth-order valence-electron chi connectivity index (χ4n) is 8.72. The number of carbonyl (C=O) groups is 1. The first-order valence-electron chi connectivity index (χ1n) is 21.1. The summed E-state index contributed by atoms with van der Waals surface area (Å²) in [4.78, 5) is 37.1. The molecular weight excluding hydrogens is 832 g/mol. The van der Waals surface area contributed by atoms with E-state index in [2.05, 4.69) is 50.5 Å². The minimum absolute atomic E-state index is 0.0442. The van der Waals surface area contributed by atoms with Gasteiger partial charge in [0.15, 0.2) is 11.5 Å². The number of anilines is 1. The molecule has 2 fully saturated rings. The van der Waals surface area contributed by atoms with Crippen molar-refractivity contribution >= 4 is 55.5 Å². The van der Waals surface area contributed by atoms with Crippen LogP contribution in [0.5, 0.6) is 17.2 Å². The lowest BCUT2D eigenvalue weighted by molar-refractivity contribution is -0.386. The zero-order valence-electron chi connectivity index (χ0n) is 34.8. The number of H-pyrrole nitrogens is 1. The number of aromatic nitrogens is 2. The third-order valence-corrected chi connectivity index (χ3v) is 13.9. The predicted molar refractivity (Wildman–Crippen MR) is 238 cm³/mol. The van der Waals surface area contributed by atoms with Crippen LogP contribution in [0, 0.1) is 21.4 Å². The number of ether oxygens (including phenoxy) is 2. The van der Waals surface area contributed by atoms with Gasteiger partial charge in [0.2, 0.25) is 0 Å². The number of para-hydroxylation sites is 1. The van der Waals surface area contributed by atoms with Crippen molar-refractivity contribution in [1.29, 1.82) is 0 Å². The molecule has 5 aromatic rings. The summed E-state index contributed by atoms with van der Waals surface area (Å²) in [5, 5.41) is 23.4. The van der Waals surface area contributed by atoms with E-state index in [1.165, 1.54) is 41.1 Å². The SMILES string of the molecule is CC1(C)CCC(CN2CCN(c3cccc(C(=O)NS(=O)(=O)c4ccc(OCC5CCC(O)CC5)c([N+](=O)[O-])c4)c3Oc3cnc4[nH]ccc4c3)CC2)=C(c2ccc(Cl)cc2)C1. The molecule has 0 bridgehead atoms. The molecule has 1 amide bonds. The number of sulfonamides is 1. The zero-order chi connectivity index (χ0) is 43.6. The number of fused-ring (bicyclic) bond motifs is 1. The highest BCUT2D eigenvalue weighted by Crippen LogP contribution is 2.44. The van der Waals surface area contributed by atoms with E-state index in [4.69, 9.17) is 21.1 Å². The Morgan fingerprint density at radius 1 is 1.03 bits per heavy atom. The molecule has 0 radical (unpaired) electrons. The number of nitrogens with zero attached hydrogens (tertiary/aromatic N) is 4. The molecule has 3 heterocycles. The van der Waals surface area contributed by atoms with E-state index in [0.717, 1.165) is 63.2 Å². The second kappa shape index (κ2) is 18.1. The molecule has 0 unspecified atom stereocenters. The van der Waals surface area contributed by atoms with Crippen LogP contribution < -0.4 is 19.1 Å². The molecule has 0 spiro atoms. The van der Waals surface area contributed by atoms with Crippen molar-refractivity contribution in [3.8, 4) is 17.2 Å². The van der Waals surface area contributed by atoms with Crippen LogP contribution in [0.3, 0.4) is 0 Å². The molecule has 3 aromatic carbocycles. The Labute approximate surface area is 366 Å². The van der Waals surface area contributed by atoms with Crippen LogP contribution in [0.4, 0.5) is 11.4 Å². The number of hydrogen-bond acceptors (Lipinski definition) is 11. The molecule has 62 heavy (non-hydrogen) atoms. The van der Waals surface area contributed by atoms with Gasteiger partial charge in [0, 0.05) is 55.4 Å². The van der Waals surface area contributed by atoms with Crippen LogP contribution in [0.15, 0.2) is 95.7 Å². The van der Waals surface area contributed by atoms with Crippen LogP contribution in [0.25, 0.3) is 16.6 Å². The van der Waals surface area contributed by atoms with Crippen molar-refractivity contribution in [3.05, 3.63) is 117 Å². The highest BCUT2D eigenvalue weighted by Gasteiger charge is 2.32. The lowest BCUT2D eigenvalue weighted by Crippen LogP contribution is -2.47. The Bertz CT molecular complexity index is 2600. The minimum Gasteiger partial charge on any atom is -0.487 e. The summed E-state index contributed by atoms with van der Waals surface area (Å²) in [5.74, 6) is -0.446. The molecule has 1 aliphatic heterocycles. The van der Waals surface area contributed by atoms with Gasteiger partial charge < -0.3 is 24.5 Å². The predicted octanol–water partition coefficient (Wildman–Crippen LogP) is 8.75. The van der Waals surface area contributed by atoms with Gasteiger partial charge in [-0.3, -0.25) is 19.8 Å². The Balaban J connectivity index is 1.03. The number of piperazine rings is 1. The first kappa shape index (κ1) is 43.2. The summed E-state index contributed by atoms with van der Waals surface area (Å²) in [7, 11) is -4.62. The molecule has 326 valence electrons. The number of amides is 1. The number of benzene rings is 3. The highest BCUT2D eigenvalue weighted by atomic mass is 35.5. The van der Waals surface area contributed by atoms with E-state index in [1.54, 1.807) is 18.3 Å². The number of hydrogen-bond donors (Lipinski definition) is 3. The molecule has 1 saturated heterocycles. The van der Waals surface area contributed by atoms with Crippen molar-refractivity contribution in [2.45, 2.75) is 69.8 Å². The molecule has 0 atom stereocenters. The summed E-state index contributed by atoms with van der Waals surface area (Å²) < 4.78 is 42.0. The summed E-state index contributed by atoms with van der Waals surface area (Å²) in [6.45, 7) is 8.38. The van der Waals surface area contributed by atoms with Crippen LogP contribution in [-0.2, 0) is 10.0 Å². The topological polar surface area (TPSA) is 180 Å². The maximum atomic E-state index is 14.1. The number of nitro benzene ring substituents is 1. The van der Waals surface area contributed by atoms with Gasteiger partial charge in [0.1, 0.15) is 11.4 Å². The standard InChI is InChI=1S/C46H51ClN6O8S/c1-46(2)18-16-33(39(26-46)31-8-10-34(47)11-9-31)28-51-20-22-52(23-21-51)40-5-3-4-38(43(40)61-36-24-32-17-19-48-44(32)49-27-36)45(55)50-62(58,59)37-14-15-42(41(25-37)53(56)57)60-29-30-6-12-35(54)13-7-30/h3-5,8-11,14-15,17,19,24-25,27,30,35,54H,6-7,12-13,16,18,20-23,26,28-29H2,1-2H3,(H,48,49)(H,50,55). The second-order valence-corrected chi connectivity index (χ2v) is 19.5. The van der Waals surface area contributed by atoms with Crippen LogP contribution in [-0.4, -0.2) is 84.7 Å². The van der Waals surface area contributed by atoms with Crippen LogP contribution in [0.1, 0.15) is 74.7 Å². The van der Waals surface area contributed by atoms with E-state index in [9.17, 15) is 28.4 Å². The fraction of sp³-hybridized carbons (Fsp3) is 0.391. The number of aliphatic hydroxyl groups is 1. The smallest absolute Gasteiger partial charge is 0.312 e. The van der Waals surface area contributed by atoms with Crippen molar-refractivity contribution in [1.82, 2.24) is 19.6 Å². The molecule has 14 nitrogen and oxygen atoms in total. The first-order valence-corrected chi connectivity index (χ1v) is 22.9. The van der Waals surface area contributed by atoms with E-state index < -0.39 is 31.4 Å². The molecule has 16 heteroatoms. The van der Waals surface area contributed by atoms with Gasteiger partial charge >= 0.3 is 5.69 Å². The summed E-state index contributed by atoms with van der Waals surface area (Å²) in [6, 6.07) is 20.1. The van der Waals surface area contributed by atoms with Crippen molar-refractivity contribution in [2.24, 2.45) is 11.3 Å². The summed E-state index contributed by atoms with van der Waals surface area (Å²) >= 11 is 6.25. The highest BCUT2D eigenvalue weighted by molar-refractivity contribution is 7.90. The summed E-state index contributed by atoms with van der Waals surface area (Å²) in [5.41, 5.74) is 4.90. The van der Waals surface area contributed by atoms with Gasteiger partial charge in [-0.2, -0.15) is 0 Å². The van der Waals surface area contributed by atoms with Gasteiger partial charge in [0.25, 0.3) is 15.9 Å². The van der Waals surface area contributed by atoms with E-state index >= 15 is 0 Å². The number of nitrogens with one attached hydrogen (secondary N) is 2. The van der Waals surface area contributed by atoms with E-state index in [0.29, 0.717) is 48.0 Å². The maximum absolute atomic E-state index is 14.1. The second-order valence-electron chi connectivity index (χ2n) is 17.3. The third-order valence-electron chi connectivity index (χ3n) is 12.3. The molecule has 2 aromatic heterocycles. The number of aromatic amines is 1. The number of nitro groups is 1. The third kappa shape index (κ3) is 9.91. The molecule has 2 aliphatic carbocycles. The van der Waals surface area contributed by atoms with Gasteiger partial charge in [-0.15, -0.1) is 0 Å². The average molecular weight is 883 g/mol. The molecule has 1 saturated carbocycles. The summed E-state index contributed by atoms with van der Waals surface area (Å²) in [6.07, 6.45) is 8.74. The minimum atomic E-state index is -4.62. The van der Waals surface area contributed by atoms with E-state index in [-0.39, 0.29) is 41.1 Å². The Hall–Kier alpha value is -5.48. The Morgan fingerprint density at radius 2 is 1.79 bits per heavy atom. The normalized spacial score (nSPS) is 19.6. The number of carbonyl (C=O) groups excluding carboxylic acids is 1. The maximum Gasteiger partial charge on any atom is 0.312 e. The average Bonchev–Trinajstić information content (AvgIpc) is 3.73. The van der Waals surface area contributed by atoms with E-state index in [1.807, 2.05) is 24.3 Å². The first-order chi connectivity index (χ1) is 29.7. The molecule has 8 rings (SSSR count). The van der Waals surface area contributed by atoms with Gasteiger partial charge in [0.05, 0.1) is 40.0 Å². The number of pyridine rings is 1. The van der Waals surface area contributed by atoms with Crippen LogP contribution >= 0.6 is 11.6 Å². The fourth-order valence-corrected chi connectivity index (χ4v) is 9.83.